The van der Waals surface area contributed by atoms with Gasteiger partial charge in [-0.25, -0.2) is 4.98 Å². The zero-order valence-corrected chi connectivity index (χ0v) is 11.9. The Morgan fingerprint density at radius 2 is 1.95 bits per heavy atom. The topological polar surface area (TPSA) is 28.2 Å². The molecule has 0 radical (unpaired) electrons. The van der Waals surface area contributed by atoms with Crippen LogP contribution in [0.4, 0.5) is 11.5 Å². The smallest absolute Gasteiger partial charge is 0.137 e. The molecule has 1 aliphatic carbocycles. The van der Waals surface area contributed by atoms with E-state index in [0.717, 1.165) is 24.9 Å². The molecule has 0 unspecified atom stereocenters. The fourth-order valence-electron chi connectivity index (χ4n) is 2.42. The number of anilines is 2. The molecule has 0 amide bonds. The Morgan fingerprint density at radius 1 is 1.15 bits per heavy atom. The fourth-order valence-corrected chi connectivity index (χ4v) is 2.42. The normalized spacial score (nSPS) is 14.2. The lowest BCUT2D eigenvalue weighted by Gasteiger charge is -2.24. The number of para-hydroxylation sites is 1. The van der Waals surface area contributed by atoms with E-state index in [-0.39, 0.29) is 0 Å². The maximum atomic E-state index is 4.61. The van der Waals surface area contributed by atoms with Crippen LogP contribution in [0.25, 0.3) is 0 Å². The summed E-state index contributed by atoms with van der Waals surface area (Å²) in [6, 6.07) is 15.4. The first-order valence-electron chi connectivity index (χ1n) is 7.38. The number of nitrogens with one attached hydrogen (secondary N) is 1. The number of hydrogen-bond acceptors (Lipinski definition) is 3. The minimum Gasteiger partial charge on any atom is -0.326 e. The minimum absolute atomic E-state index is 0.717. The van der Waals surface area contributed by atoms with Crippen molar-refractivity contribution >= 4 is 11.5 Å². The van der Waals surface area contributed by atoms with E-state index in [1.807, 2.05) is 18.3 Å². The van der Waals surface area contributed by atoms with Crippen LogP contribution in [0.15, 0.2) is 48.7 Å². The van der Waals surface area contributed by atoms with Gasteiger partial charge in [-0.15, -0.1) is 0 Å². The third-order valence-corrected chi connectivity index (χ3v) is 3.67. The van der Waals surface area contributed by atoms with Crippen LogP contribution in [-0.2, 0) is 6.54 Å². The molecule has 0 atom stereocenters. The molecule has 1 saturated carbocycles. The average Bonchev–Trinajstić information content (AvgIpc) is 3.32. The van der Waals surface area contributed by atoms with E-state index < -0.39 is 0 Å². The largest absolute Gasteiger partial charge is 0.326 e. The summed E-state index contributed by atoms with van der Waals surface area (Å²) in [7, 11) is 0. The molecule has 104 valence electrons. The van der Waals surface area contributed by atoms with Crippen LogP contribution in [0.5, 0.6) is 0 Å². The van der Waals surface area contributed by atoms with Crippen molar-refractivity contribution in [1.82, 2.24) is 10.3 Å². The minimum atomic E-state index is 0.717. The Labute approximate surface area is 120 Å². The van der Waals surface area contributed by atoms with E-state index >= 15 is 0 Å². The molecule has 0 bridgehead atoms. The van der Waals surface area contributed by atoms with Crippen molar-refractivity contribution in [3.8, 4) is 0 Å². The number of hydrogen-bond donors (Lipinski definition) is 1. The van der Waals surface area contributed by atoms with Crippen LogP contribution in [0.1, 0.15) is 25.3 Å². The van der Waals surface area contributed by atoms with Gasteiger partial charge in [-0.1, -0.05) is 24.3 Å². The van der Waals surface area contributed by atoms with Gasteiger partial charge < -0.3 is 10.2 Å². The molecule has 3 heteroatoms. The molecule has 1 aromatic carbocycles. The Balaban J connectivity index is 1.86. The molecule has 1 N–H and O–H groups in total. The second-order valence-electron chi connectivity index (χ2n) is 5.22. The van der Waals surface area contributed by atoms with Crippen LogP contribution >= 0.6 is 0 Å². The molecular weight excluding hydrogens is 246 g/mol. The molecule has 1 aromatic heterocycles. The monoisotopic (exact) mass is 267 g/mol. The second kappa shape index (κ2) is 6.06. The van der Waals surface area contributed by atoms with Gasteiger partial charge in [0.05, 0.1) is 0 Å². The first kappa shape index (κ1) is 13.1. The highest BCUT2D eigenvalue weighted by Crippen LogP contribution is 2.27. The summed E-state index contributed by atoms with van der Waals surface area (Å²) < 4.78 is 0. The highest BCUT2D eigenvalue weighted by molar-refractivity contribution is 5.62. The molecule has 1 heterocycles. The third-order valence-electron chi connectivity index (χ3n) is 3.67. The second-order valence-corrected chi connectivity index (χ2v) is 5.22. The van der Waals surface area contributed by atoms with Gasteiger partial charge in [0.15, 0.2) is 0 Å². The zero-order valence-electron chi connectivity index (χ0n) is 11.9. The Bertz CT molecular complexity index is 549. The number of benzene rings is 1. The van der Waals surface area contributed by atoms with E-state index in [0.29, 0.717) is 0 Å². The molecule has 3 nitrogen and oxygen atoms in total. The van der Waals surface area contributed by atoms with Crippen LogP contribution in [0, 0.1) is 0 Å². The van der Waals surface area contributed by atoms with Crippen LogP contribution in [0.3, 0.4) is 0 Å². The summed E-state index contributed by atoms with van der Waals surface area (Å²) in [5.74, 6) is 1.06. The summed E-state index contributed by atoms with van der Waals surface area (Å²) in [4.78, 5) is 6.88. The van der Waals surface area contributed by atoms with Gasteiger partial charge in [0.2, 0.25) is 0 Å². The average molecular weight is 267 g/mol. The summed E-state index contributed by atoms with van der Waals surface area (Å²) in [5.41, 5.74) is 2.46. The highest BCUT2D eigenvalue weighted by atomic mass is 15.2. The summed E-state index contributed by atoms with van der Waals surface area (Å²) in [6.07, 6.45) is 4.50. The Hall–Kier alpha value is -1.87. The van der Waals surface area contributed by atoms with E-state index in [1.54, 1.807) is 0 Å². The van der Waals surface area contributed by atoms with Gasteiger partial charge in [0, 0.05) is 36.6 Å². The van der Waals surface area contributed by atoms with Crippen molar-refractivity contribution < 1.29 is 0 Å². The molecule has 0 spiro atoms. The molecule has 1 aliphatic rings. The highest BCUT2D eigenvalue weighted by Gasteiger charge is 2.21. The van der Waals surface area contributed by atoms with Gasteiger partial charge in [-0.2, -0.15) is 0 Å². The number of rotatable bonds is 6. The van der Waals surface area contributed by atoms with Crippen LogP contribution in [0.2, 0.25) is 0 Å². The predicted octanol–water partition coefficient (Wildman–Crippen LogP) is 3.49. The molecule has 1 fully saturated rings. The summed E-state index contributed by atoms with van der Waals surface area (Å²) in [5, 5.41) is 3.58. The van der Waals surface area contributed by atoms with Crippen molar-refractivity contribution in [2.75, 3.05) is 11.4 Å². The maximum Gasteiger partial charge on any atom is 0.137 e. The molecule has 2 aromatic rings. The summed E-state index contributed by atoms with van der Waals surface area (Å²) >= 11 is 0. The van der Waals surface area contributed by atoms with Gasteiger partial charge in [-0.05, 0) is 38.0 Å². The Kier molecular flexibility index (Phi) is 3.97. The van der Waals surface area contributed by atoms with E-state index in [2.05, 4.69) is 52.5 Å². The predicted molar refractivity (Wildman–Crippen MR) is 83.2 cm³/mol. The number of aromatic nitrogens is 1. The first-order valence-corrected chi connectivity index (χ1v) is 7.38. The van der Waals surface area contributed by atoms with Crippen molar-refractivity contribution in [1.29, 1.82) is 0 Å². The standard InChI is InChI=1S/C17H21N3/c1-2-20(16-8-4-3-5-9-16)17-14(7-6-12-18-17)13-19-15-10-11-15/h3-9,12,15,19H,2,10-11,13H2,1H3. The van der Waals surface area contributed by atoms with E-state index in [1.165, 1.54) is 24.1 Å². The van der Waals surface area contributed by atoms with Crippen LogP contribution in [-0.4, -0.2) is 17.6 Å². The van der Waals surface area contributed by atoms with Crippen molar-refractivity contribution in [3.05, 3.63) is 54.2 Å². The van der Waals surface area contributed by atoms with Crippen molar-refractivity contribution in [2.24, 2.45) is 0 Å². The summed E-state index contributed by atoms with van der Waals surface area (Å²) in [6.45, 7) is 3.98. The molecule has 0 aliphatic heterocycles. The zero-order chi connectivity index (χ0) is 13.8. The fraction of sp³-hybridized carbons (Fsp3) is 0.353. The lowest BCUT2D eigenvalue weighted by Crippen LogP contribution is -2.22. The van der Waals surface area contributed by atoms with Crippen LogP contribution < -0.4 is 10.2 Å². The number of pyridine rings is 1. The number of nitrogens with zero attached hydrogens (tertiary/aromatic N) is 2. The SMILES string of the molecule is CCN(c1ccccc1)c1ncccc1CNC1CC1. The molecule has 0 saturated heterocycles. The van der Waals surface area contributed by atoms with E-state index in [4.69, 9.17) is 0 Å². The van der Waals surface area contributed by atoms with Crippen molar-refractivity contribution in [2.45, 2.75) is 32.4 Å². The van der Waals surface area contributed by atoms with Gasteiger partial charge in [0.1, 0.15) is 5.82 Å². The lowest BCUT2D eigenvalue weighted by atomic mass is 10.2. The van der Waals surface area contributed by atoms with Gasteiger partial charge in [-0.3, -0.25) is 0 Å². The molecule has 3 rings (SSSR count). The molecular formula is C17H21N3. The van der Waals surface area contributed by atoms with Gasteiger partial charge >= 0.3 is 0 Å². The quantitative estimate of drug-likeness (QED) is 0.868. The maximum absolute atomic E-state index is 4.61. The third kappa shape index (κ3) is 2.99. The van der Waals surface area contributed by atoms with Crippen molar-refractivity contribution in [3.63, 3.8) is 0 Å². The lowest BCUT2D eigenvalue weighted by molar-refractivity contribution is 0.684. The Morgan fingerprint density at radius 3 is 2.65 bits per heavy atom. The molecule has 20 heavy (non-hydrogen) atoms. The first-order chi connectivity index (χ1) is 9.88. The van der Waals surface area contributed by atoms with E-state index in [9.17, 15) is 0 Å². The van der Waals surface area contributed by atoms with Gasteiger partial charge in [0.25, 0.3) is 0 Å².